The number of amides is 1. The number of carbonyl (C=O) groups is 1. The summed E-state index contributed by atoms with van der Waals surface area (Å²) in [7, 11) is 0. The van der Waals surface area contributed by atoms with Crippen LogP contribution in [0, 0.1) is 5.41 Å². The van der Waals surface area contributed by atoms with Gasteiger partial charge in [0.2, 0.25) is 0 Å². The van der Waals surface area contributed by atoms with Crippen LogP contribution >= 0.6 is 0 Å². The van der Waals surface area contributed by atoms with Crippen LogP contribution in [-0.4, -0.2) is 55.9 Å². The van der Waals surface area contributed by atoms with Crippen LogP contribution < -0.4 is 16.4 Å². The van der Waals surface area contributed by atoms with E-state index < -0.39 is 12.1 Å². The van der Waals surface area contributed by atoms with Crippen LogP contribution in [0.15, 0.2) is 30.7 Å². The molecule has 10 heteroatoms. The van der Waals surface area contributed by atoms with E-state index in [9.17, 15) is 9.18 Å². The van der Waals surface area contributed by atoms with Crippen molar-refractivity contribution >= 4 is 11.7 Å². The molecule has 2 aliphatic heterocycles. The highest BCUT2D eigenvalue weighted by Crippen LogP contribution is 2.36. The van der Waals surface area contributed by atoms with Gasteiger partial charge in [0.05, 0.1) is 23.8 Å². The standard InChI is InChI=1S/C23H27FN8O/c1-23(2)7-19-16(10-29-32(19)12-23)17-5-13(3-4-27-17)18-11-28-21(25)20(31-18)22(33)30-15-6-14(24)8-26-9-15/h3-5,10-11,14-15,26H,6-9,12H2,1-2H3,(H2,25,28)(H,30,33). The summed E-state index contributed by atoms with van der Waals surface area (Å²) in [5.74, 6) is -0.434. The molecule has 0 aromatic carbocycles. The molecule has 0 bridgehead atoms. The second-order valence-electron chi connectivity index (χ2n) is 9.58. The number of nitrogen functional groups attached to an aromatic ring is 1. The van der Waals surface area contributed by atoms with E-state index in [0.717, 1.165) is 29.8 Å². The largest absolute Gasteiger partial charge is 0.382 e. The minimum Gasteiger partial charge on any atom is -0.382 e. The molecule has 0 spiro atoms. The Labute approximate surface area is 191 Å². The molecule has 0 radical (unpaired) electrons. The van der Waals surface area contributed by atoms with Crippen molar-refractivity contribution in [1.82, 2.24) is 35.4 Å². The lowest BCUT2D eigenvalue weighted by molar-refractivity contribution is 0.0914. The maximum absolute atomic E-state index is 13.7. The number of hydrogen-bond donors (Lipinski definition) is 3. The van der Waals surface area contributed by atoms with Gasteiger partial charge in [0, 0.05) is 55.1 Å². The number of halogens is 1. The van der Waals surface area contributed by atoms with Gasteiger partial charge < -0.3 is 16.4 Å². The van der Waals surface area contributed by atoms with Crippen molar-refractivity contribution in [2.45, 2.75) is 45.4 Å². The molecule has 5 rings (SSSR count). The summed E-state index contributed by atoms with van der Waals surface area (Å²) < 4.78 is 15.7. The molecule has 5 heterocycles. The Morgan fingerprint density at radius 2 is 2.12 bits per heavy atom. The molecule has 0 saturated carbocycles. The first kappa shape index (κ1) is 21.4. The van der Waals surface area contributed by atoms with Gasteiger partial charge in [0.1, 0.15) is 6.17 Å². The second kappa shape index (κ2) is 8.18. The van der Waals surface area contributed by atoms with E-state index in [2.05, 4.69) is 44.5 Å². The molecule has 1 amide bonds. The molecule has 2 aliphatic rings. The van der Waals surface area contributed by atoms with Crippen LogP contribution in [0.25, 0.3) is 22.5 Å². The second-order valence-corrected chi connectivity index (χ2v) is 9.58. The Morgan fingerprint density at radius 1 is 1.27 bits per heavy atom. The summed E-state index contributed by atoms with van der Waals surface area (Å²) in [6, 6.07) is 3.41. The van der Waals surface area contributed by atoms with Gasteiger partial charge in [-0.1, -0.05) is 13.8 Å². The first-order chi connectivity index (χ1) is 15.8. The molecule has 2 atom stereocenters. The Hall–Kier alpha value is -3.40. The number of nitrogens with one attached hydrogen (secondary N) is 2. The lowest BCUT2D eigenvalue weighted by Gasteiger charge is -2.26. The van der Waals surface area contributed by atoms with Gasteiger partial charge >= 0.3 is 0 Å². The van der Waals surface area contributed by atoms with Crippen LogP contribution in [0.1, 0.15) is 36.5 Å². The zero-order valence-corrected chi connectivity index (χ0v) is 18.7. The van der Waals surface area contributed by atoms with Crippen molar-refractivity contribution in [2.75, 3.05) is 18.8 Å². The summed E-state index contributed by atoms with van der Waals surface area (Å²) in [6.07, 6.45) is 5.28. The maximum Gasteiger partial charge on any atom is 0.274 e. The maximum atomic E-state index is 13.7. The number of carbonyl (C=O) groups excluding carboxylic acids is 1. The lowest BCUT2D eigenvalue weighted by Crippen LogP contribution is -2.49. The average molecular weight is 451 g/mol. The van der Waals surface area contributed by atoms with Gasteiger partial charge in [0.25, 0.3) is 5.91 Å². The third-order valence-corrected chi connectivity index (χ3v) is 6.15. The third kappa shape index (κ3) is 4.30. The number of nitrogens with zero attached hydrogens (tertiary/aromatic N) is 5. The summed E-state index contributed by atoms with van der Waals surface area (Å²) in [5.41, 5.74) is 10.4. The van der Waals surface area contributed by atoms with Gasteiger partial charge in [-0.2, -0.15) is 5.10 Å². The number of rotatable bonds is 4. The fourth-order valence-corrected chi connectivity index (χ4v) is 4.56. The molecule has 0 aliphatic carbocycles. The van der Waals surface area contributed by atoms with E-state index in [4.69, 9.17) is 5.73 Å². The highest BCUT2D eigenvalue weighted by atomic mass is 19.1. The number of anilines is 1. The number of hydrogen-bond acceptors (Lipinski definition) is 7. The van der Waals surface area contributed by atoms with E-state index in [1.54, 1.807) is 6.20 Å². The highest BCUT2D eigenvalue weighted by Gasteiger charge is 2.32. The molecule has 4 N–H and O–H groups in total. The van der Waals surface area contributed by atoms with Gasteiger partial charge in [0.15, 0.2) is 11.5 Å². The fraction of sp³-hybridized carbons (Fsp3) is 0.435. The smallest absolute Gasteiger partial charge is 0.274 e. The molecule has 3 aromatic rings. The molecular formula is C23H27FN8O. The van der Waals surface area contributed by atoms with Gasteiger partial charge in [-0.05, 0) is 24.0 Å². The first-order valence-corrected chi connectivity index (χ1v) is 11.1. The Morgan fingerprint density at radius 3 is 2.94 bits per heavy atom. The predicted molar refractivity (Wildman–Crippen MR) is 122 cm³/mol. The van der Waals surface area contributed by atoms with E-state index in [-0.39, 0.29) is 29.4 Å². The monoisotopic (exact) mass is 450 g/mol. The average Bonchev–Trinajstić information content (AvgIpc) is 3.29. The van der Waals surface area contributed by atoms with Gasteiger partial charge in [-0.15, -0.1) is 0 Å². The number of fused-ring (bicyclic) bond motifs is 1. The molecule has 3 aromatic heterocycles. The Kier molecular flexibility index (Phi) is 5.32. The van der Waals surface area contributed by atoms with Crippen LogP contribution in [0.5, 0.6) is 0 Å². The highest BCUT2D eigenvalue weighted by molar-refractivity contribution is 5.97. The van der Waals surface area contributed by atoms with Crippen molar-refractivity contribution in [3.63, 3.8) is 0 Å². The van der Waals surface area contributed by atoms with Gasteiger partial charge in [-0.25, -0.2) is 14.4 Å². The lowest BCUT2D eigenvalue weighted by atomic mass is 9.90. The van der Waals surface area contributed by atoms with Crippen molar-refractivity contribution in [2.24, 2.45) is 5.41 Å². The van der Waals surface area contributed by atoms with Gasteiger partial charge in [-0.3, -0.25) is 14.5 Å². The summed E-state index contributed by atoms with van der Waals surface area (Å²) in [4.78, 5) is 26.0. The zero-order chi connectivity index (χ0) is 23.2. The normalized spacial score (nSPS) is 21.5. The fourth-order valence-electron chi connectivity index (χ4n) is 4.56. The van der Waals surface area contributed by atoms with E-state index >= 15 is 0 Å². The minimum absolute atomic E-state index is 0.0278. The molecular weight excluding hydrogens is 423 g/mol. The molecule has 2 unspecified atom stereocenters. The van der Waals surface area contributed by atoms with E-state index in [1.807, 2.05) is 23.0 Å². The molecule has 1 saturated heterocycles. The molecule has 172 valence electrons. The molecule has 33 heavy (non-hydrogen) atoms. The predicted octanol–water partition coefficient (Wildman–Crippen LogP) is 2.00. The van der Waals surface area contributed by atoms with Crippen molar-refractivity contribution < 1.29 is 9.18 Å². The van der Waals surface area contributed by atoms with Crippen molar-refractivity contribution in [3.8, 4) is 22.5 Å². The number of alkyl halides is 1. The first-order valence-electron chi connectivity index (χ1n) is 11.1. The quantitative estimate of drug-likeness (QED) is 0.555. The topological polar surface area (TPSA) is 124 Å². The number of nitrogens with two attached hydrogens (primary N) is 1. The summed E-state index contributed by atoms with van der Waals surface area (Å²) in [5, 5.41) is 10.3. The minimum atomic E-state index is -0.995. The van der Waals surface area contributed by atoms with Crippen molar-refractivity contribution in [1.29, 1.82) is 0 Å². The molecule has 9 nitrogen and oxygen atoms in total. The van der Waals surface area contributed by atoms with Crippen LogP contribution in [0.2, 0.25) is 0 Å². The number of piperidine rings is 1. The van der Waals surface area contributed by atoms with E-state index in [0.29, 0.717) is 18.8 Å². The summed E-state index contributed by atoms with van der Waals surface area (Å²) in [6.45, 7) is 6.13. The Bertz CT molecular complexity index is 1210. The SMILES string of the molecule is CC1(C)Cc2c(-c3cc(-c4cnc(N)c(C(=O)NC5CNCC(F)C5)n4)ccn3)cnn2C1. The molecule has 1 fully saturated rings. The third-order valence-electron chi connectivity index (χ3n) is 6.15. The number of aromatic nitrogens is 5. The number of pyridine rings is 1. The van der Waals surface area contributed by atoms with E-state index in [1.165, 1.54) is 11.9 Å². The van der Waals surface area contributed by atoms with Crippen LogP contribution in [0.4, 0.5) is 10.2 Å². The zero-order valence-electron chi connectivity index (χ0n) is 18.7. The van der Waals surface area contributed by atoms with Crippen LogP contribution in [-0.2, 0) is 13.0 Å². The van der Waals surface area contributed by atoms with Crippen LogP contribution in [0.3, 0.4) is 0 Å². The van der Waals surface area contributed by atoms with Crippen molar-refractivity contribution in [3.05, 3.63) is 42.1 Å². The summed E-state index contributed by atoms with van der Waals surface area (Å²) >= 11 is 0. The Balaban J connectivity index is 1.41.